The standard InChI is InChI=1S/C10H14ClNOS/c1-7(5-13)14-6-8-4-9(12)2-3-10(8)11/h2-4,7,13H,5-6,12H2,1H3. The molecule has 1 atom stereocenters. The van der Waals surface area contributed by atoms with E-state index in [1.807, 2.05) is 13.0 Å². The van der Waals surface area contributed by atoms with E-state index in [2.05, 4.69) is 0 Å². The van der Waals surface area contributed by atoms with Gasteiger partial charge in [-0.15, -0.1) is 0 Å². The van der Waals surface area contributed by atoms with E-state index in [1.165, 1.54) is 0 Å². The molecule has 0 aliphatic heterocycles. The van der Waals surface area contributed by atoms with E-state index in [0.717, 1.165) is 22.0 Å². The molecule has 0 saturated heterocycles. The molecule has 0 aliphatic carbocycles. The normalized spacial score (nSPS) is 12.8. The van der Waals surface area contributed by atoms with Crippen molar-refractivity contribution in [1.82, 2.24) is 0 Å². The van der Waals surface area contributed by atoms with Crippen LogP contribution < -0.4 is 5.73 Å². The Morgan fingerprint density at radius 2 is 2.29 bits per heavy atom. The van der Waals surface area contributed by atoms with Gasteiger partial charge in [-0.2, -0.15) is 11.8 Å². The molecule has 1 unspecified atom stereocenters. The van der Waals surface area contributed by atoms with Crippen molar-refractivity contribution in [1.29, 1.82) is 0 Å². The van der Waals surface area contributed by atoms with Crippen LogP contribution in [0.5, 0.6) is 0 Å². The van der Waals surface area contributed by atoms with E-state index < -0.39 is 0 Å². The maximum atomic E-state index is 8.86. The lowest BCUT2D eigenvalue weighted by molar-refractivity contribution is 0.300. The Morgan fingerprint density at radius 1 is 1.57 bits per heavy atom. The van der Waals surface area contributed by atoms with Crippen molar-refractivity contribution in [2.24, 2.45) is 0 Å². The fourth-order valence-electron chi connectivity index (χ4n) is 0.990. The summed E-state index contributed by atoms with van der Waals surface area (Å²) >= 11 is 7.65. The summed E-state index contributed by atoms with van der Waals surface area (Å²) in [6.07, 6.45) is 0. The highest BCUT2D eigenvalue weighted by Crippen LogP contribution is 2.25. The van der Waals surface area contributed by atoms with Crippen LogP contribution in [0.25, 0.3) is 0 Å². The number of benzene rings is 1. The van der Waals surface area contributed by atoms with Gasteiger partial charge in [-0.05, 0) is 23.8 Å². The number of hydrogen-bond donors (Lipinski definition) is 2. The fraction of sp³-hybridized carbons (Fsp3) is 0.400. The van der Waals surface area contributed by atoms with Crippen molar-refractivity contribution in [3.63, 3.8) is 0 Å². The number of anilines is 1. The predicted molar refractivity (Wildman–Crippen MR) is 63.7 cm³/mol. The smallest absolute Gasteiger partial charge is 0.0547 e. The van der Waals surface area contributed by atoms with Crippen LogP contribution in [0.15, 0.2) is 18.2 Å². The largest absolute Gasteiger partial charge is 0.399 e. The van der Waals surface area contributed by atoms with Crippen LogP contribution in [0.4, 0.5) is 5.69 Å². The van der Waals surface area contributed by atoms with Crippen molar-refractivity contribution in [2.75, 3.05) is 12.3 Å². The molecule has 0 fully saturated rings. The number of nitrogen functional groups attached to an aromatic ring is 1. The highest BCUT2D eigenvalue weighted by molar-refractivity contribution is 7.99. The number of aliphatic hydroxyl groups excluding tert-OH is 1. The Hall–Kier alpha value is -0.380. The second kappa shape index (κ2) is 5.49. The van der Waals surface area contributed by atoms with E-state index in [4.69, 9.17) is 22.4 Å². The summed E-state index contributed by atoms with van der Waals surface area (Å²) in [6.45, 7) is 2.16. The van der Waals surface area contributed by atoms with Gasteiger partial charge < -0.3 is 10.8 Å². The first-order valence-electron chi connectivity index (χ1n) is 4.40. The van der Waals surface area contributed by atoms with Gasteiger partial charge in [-0.3, -0.25) is 0 Å². The summed E-state index contributed by atoms with van der Waals surface area (Å²) in [4.78, 5) is 0. The Labute approximate surface area is 93.5 Å². The minimum atomic E-state index is 0.185. The lowest BCUT2D eigenvalue weighted by Crippen LogP contribution is -2.02. The van der Waals surface area contributed by atoms with Gasteiger partial charge in [0.05, 0.1) is 6.61 Å². The second-order valence-electron chi connectivity index (χ2n) is 3.16. The van der Waals surface area contributed by atoms with Gasteiger partial charge in [0.2, 0.25) is 0 Å². The molecular formula is C10H14ClNOS. The molecule has 1 aromatic carbocycles. The quantitative estimate of drug-likeness (QED) is 0.783. The summed E-state index contributed by atoms with van der Waals surface area (Å²) in [7, 11) is 0. The molecule has 4 heteroatoms. The van der Waals surface area contributed by atoms with Crippen molar-refractivity contribution in [3.8, 4) is 0 Å². The first-order chi connectivity index (χ1) is 6.63. The van der Waals surface area contributed by atoms with Crippen molar-refractivity contribution in [3.05, 3.63) is 28.8 Å². The molecule has 0 radical (unpaired) electrons. The number of halogens is 1. The molecule has 0 heterocycles. The van der Waals surface area contributed by atoms with Crippen LogP contribution in [-0.2, 0) is 5.75 Å². The zero-order valence-electron chi connectivity index (χ0n) is 8.03. The van der Waals surface area contributed by atoms with Gasteiger partial charge in [-0.1, -0.05) is 18.5 Å². The summed E-state index contributed by atoms with van der Waals surface area (Å²) < 4.78 is 0. The van der Waals surface area contributed by atoms with Crippen LogP contribution >= 0.6 is 23.4 Å². The van der Waals surface area contributed by atoms with Crippen molar-refractivity contribution < 1.29 is 5.11 Å². The Morgan fingerprint density at radius 3 is 2.93 bits per heavy atom. The van der Waals surface area contributed by atoms with E-state index in [9.17, 15) is 0 Å². The molecule has 78 valence electrons. The van der Waals surface area contributed by atoms with E-state index in [0.29, 0.717) is 0 Å². The zero-order valence-corrected chi connectivity index (χ0v) is 9.61. The first kappa shape index (κ1) is 11.7. The number of thioether (sulfide) groups is 1. The Kier molecular flexibility index (Phi) is 4.58. The summed E-state index contributed by atoms with van der Waals surface area (Å²) in [6, 6.07) is 5.46. The number of nitrogens with two attached hydrogens (primary N) is 1. The van der Waals surface area contributed by atoms with Gasteiger partial charge in [0.25, 0.3) is 0 Å². The van der Waals surface area contributed by atoms with E-state index in [1.54, 1.807) is 23.9 Å². The van der Waals surface area contributed by atoms with Gasteiger partial charge >= 0.3 is 0 Å². The molecule has 0 amide bonds. The lowest BCUT2D eigenvalue weighted by atomic mass is 10.2. The summed E-state index contributed by atoms with van der Waals surface area (Å²) in [5.41, 5.74) is 7.40. The van der Waals surface area contributed by atoms with Crippen LogP contribution in [-0.4, -0.2) is 17.0 Å². The monoisotopic (exact) mass is 231 g/mol. The molecule has 1 aromatic rings. The molecule has 0 aromatic heterocycles. The molecule has 2 nitrogen and oxygen atoms in total. The molecule has 0 aliphatic rings. The Bertz CT molecular complexity index is 306. The van der Waals surface area contributed by atoms with Gasteiger partial charge in [0.15, 0.2) is 0 Å². The lowest BCUT2D eigenvalue weighted by Gasteiger charge is -2.09. The minimum Gasteiger partial charge on any atom is -0.399 e. The Balaban J connectivity index is 2.62. The third-order valence-electron chi connectivity index (χ3n) is 1.85. The van der Waals surface area contributed by atoms with Gasteiger partial charge in [0.1, 0.15) is 0 Å². The number of hydrogen-bond acceptors (Lipinski definition) is 3. The molecule has 0 saturated carbocycles. The molecule has 14 heavy (non-hydrogen) atoms. The molecule has 0 bridgehead atoms. The van der Waals surface area contributed by atoms with Crippen molar-refractivity contribution in [2.45, 2.75) is 17.9 Å². The van der Waals surface area contributed by atoms with Gasteiger partial charge in [0, 0.05) is 21.7 Å². The van der Waals surface area contributed by atoms with Gasteiger partial charge in [-0.25, -0.2) is 0 Å². The zero-order chi connectivity index (χ0) is 10.6. The third-order valence-corrected chi connectivity index (χ3v) is 3.41. The van der Waals surface area contributed by atoms with Crippen LogP contribution in [0, 0.1) is 0 Å². The third kappa shape index (κ3) is 3.40. The maximum Gasteiger partial charge on any atom is 0.0547 e. The SMILES string of the molecule is CC(CO)SCc1cc(N)ccc1Cl. The maximum absolute atomic E-state index is 8.86. The van der Waals surface area contributed by atoms with E-state index in [-0.39, 0.29) is 11.9 Å². The predicted octanol–water partition coefficient (Wildman–Crippen LogP) is 2.54. The average molecular weight is 232 g/mol. The average Bonchev–Trinajstić information content (AvgIpc) is 2.19. The molecular weight excluding hydrogens is 218 g/mol. The fourth-order valence-corrected chi connectivity index (χ4v) is 2.06. The molecule has 0 spiro atoms. The highest BCUT2D eigenvalue weighted by Gasteiger charge is 2.04. The number of rotatable bonds is 4. The van der Waals surface area contributed by atoms with Crippen LogP contribution in [0.1, 0.15) is 12.5 Å². The van der Waals surface area contributed by atoms with Crippen LogP contribution in [0.3, 0.4) is 0 Å². The summed E-state index contributed by atoms with van der Waals surface area (Å²) in [5, 5.41) is 9.82. The summed E-state index contributed by atoms with van der Waals surface area (Å²) in [5.74, 6) is 0.783. The first-order valence-corrected chi connectivity index (χ1v) is 5.82. The van der Waals surface area contributed by atoms with Crippen LogP contribution in [0.2, 0.25) is 5.02 Å². The highest BCUT2D eigenvalue weighted by atomic mass is 35.5. The second-order valence-corrected chi connectivity index (χ2v) is 4.99. The minimum absolute atomic E-state index is 0.185. The number of aliphatic hydroxyl groups is 1. The molecule has 1 rings (SSSR count). The van der Waals surface area contributed by atoms with E-state index >= 15 is 0 Å². The van der Waals surface area contributed by atoms with Crippen molar-refractivity contribution >= 4 is 29.1 Å². The topological polar surface area (TPSA) is 46.2 Å². The molecule has 3 N–H and O–H groups in total.